The monoisotopic (exact) mass is 260 g/mol. The van der Waals surface area contributed by atoms with Crippen LogP contribution in [-0.2, 0) is 0 Å². The largest absolute Gasteiger partial charge is 0.354 e. The van der Waals surface area contributed by atoms with Crippen molar-refractivity contribution < 1.29 is 0 Å². The van der Waals surface area contributed by atoms with E-state index in [4.69, 9.17) is 0 Å². The number of piperidine rings is 1. The van der Waals surface area contributed by atoms with Crippen molar-refractivity contribution in [1.29, 1.82) is 0 Å². The lowest BCUT2D eigenvalue weighted by atomic mass is 9.97. The van der Waals surface area contributed by atoms with Gasteiger partial charge in [0.05, 0.1) is 0 Å². The average molecular weight is 260 g/mol. The molecule has 0 aliphatic carbocycles. The number of hydrogen-bond donors (Lipinski definition) is 1. The predicted octanol–water partition coefficient (Wildman–Crippen LogP) is 1.20. The minimum atomic E-state index is 0.905. The van der Waals surface area contributed by atoms with Gasteiger partial charge < -0.3 is 10.2 Å². The molecule has 0 atom stereocenters. The molecule has 0 saturated carbocycles. The zero-order valence-corrected chi connectivity index (χ0v) is 11.6. The van der Waals surface area contributed by atoms with E-state index < -0.39 is 0 Å². The number of piperazine rings is 1. The van der Waals surface area contributed by atoms with Gasteiger partial charge in [-0.3, -0.25) is 4.90 Å². The normalized spacial score (nSPS) is 22.6. The molecule has 0 spiro atoms. The van der Waals surface area contributed by atoms with Gasteiger partial charge >= 0.3 is 0 Å². The van der Waals surface area contributed by atoms with E-state index in [1.54, 1.807) is 0 Å². The fourth-order valence-corrected chi connectivity index (χ4v) is 3.13. The molecular formula is C15H24N4. The van der Waals surface area contributed by atoms with E-state index in [9.17, 15) is 0 Å². The summed E-state index contributed by atoms with van der Waals surface area (Å²) in [5, 5.41) is 3.45. The molecule has 0 radical (unpaired) electrons. The van der Waals surface area contributed by atoms with Gasteiger partial charge in [-0.05, 0) is 44.0 Å². The third-order valence-electron chi connectivity index (χ3n) is 4.32. The van der Waals surface area contributed by atoms with Crippen LogP contribution in [0.4, 0.5) is 5.82 Å². The minimum Gasteiger partial charge on any atom is -0.354 e. The summed E-state index contributed by atoms with van der Waals surface area (Å²) >= 11 is 0. The third kappa shape index (κ3) is 3.45. The van der Waals surface area contributed by atoms with Crippen molar-refractivity contribution >= 4 is 5.82 Å². The van der Waals surface area contributed by atoms with Crippen molar-refractivity contribution in [1.82, 2.24) is 15.2 Å². The maximum atomic E-state index is 4.44. The number of aromatic nitrogens is 1. The molecule has 4 nitrogen and oxygen atoms in total. The van der Waals surface area contributed by atoms with Crippen LogP contribution in [0.2, 0.25) is 0 Å². The number of rotatable bonds is 3. The van der Waals surface area contributed by atoms with Crippen molar-refractivity contribution in [3.63, 3.8) is 0 Å². The lowest BCUT2D eigenvalue weighted by Crippen LogP contribution is -2.48. The Kier molecular flexibility index (Phi) is 4.30. The van der Waals surface area contributed by atoms with Crippen LogP contribution in [0.1, 0.15) is 12.8 Å². The van der Waals surface area contributed by atoms with Crippen LogP contribution >= 0.6 is 0 Å². The van der Waals surface area contributed by atoms with Crippen molar-refractivity contribution in [2.75, 3.05) is 50.7 Å². The number of hydrogen-bond acceptors (Lipinski definition) is 4. The quantitative estimate of drug-likeness (QED) is 0.885. The third-order valence-corrected chi connectivity index (χ3v) is 4.32. The summed E-state index contributed by atoms with van der Waals surface area (Å²) in [5.74, 6) is 2.03. The Morgan fingerprint density at radius 2 is 1.89 bits per heavy atom. The molecule has 104 valence electrons. The van der Waals surface area contributed by atoms with E-state index in [0.717, 1.165) is 24.8 Å². The van der Waals surface area contributed by atoms with Crippen LogP contribution < -0.4 is 10.2 Å². The van der Waals surface area contributed by atoms with Gasteiger partial charge in [0.15, 0.2) is 0 Å². The summed E-state index contributed by atoms with van der Waals surface area (Å²) in [4.78, 5) is 9.48. The molecule has 0 amide bonds. The van der Waals surface area contributed by atoms with Crippen molar-refractivity contribution in [2.24, 2.45) is 5.92 Å². The molecule has 2 fully saturated rings. The van der Waals surface area contributed by atoms with Gasteiger partial charge in [0, 0.05) is 38.9 Å². The SMILES string of the molecule is c1ccc(N2CCN(CC3CCNCC3)CC2)nc1. The van der Waals surface area contributed by atoms with Gasteiger partial charge in [-0.1, -0.05) is 6.07 Å². The van der Waals surface area contributed by atoms with E-state index in [1.165, 1.54) is 45.6 Å². The first-order valence-electron chi connectivity index (χ1n) is 7.51. The number of anilines is 1. The highest BCUT2D eigenvalue weighted by atomic mass is 15.3. The molecule has 2 aliphatic rings. The van der Waals surface area contributed by atoms with Gasteiger partial charge in [-0.25, -0.2) is 4.98 Å². The van der Waals surface area contributed by atoms with Crippen LogP contribution in [0.3, 0.4) is 0 Å². The van der Waals surface area contributed by atoms with Crippen molar-refractivity contribution in [3.05, 3.63) is 24.4 Å². The zero-order valence-electron chi connectivity index (χ0n) is 11.6. The second-order valence-corrected chi connectivity index (χ2v) is 5.67. The maximum absolute atomic E-state index is 4.44. The van der Waals surface area contributed by atoms with Crippen LogP contribution in [0.25, 0.3) is 0 Å². The molecule has 1 aromatic heterocycles. The summed E-state index contributed by atoms with van der Waals surface area (Å²) in [6.07, 6.45) is 4.58. The van der Waals surface area contributed by atoms with E-state index >= 15 is 0 Å². The molecule has 0 bridgehead atoms. The van der Waals surface area contributed by atoms with Crippen LogP contribution in [0.15, 0.2) is 24.4 Å². The molecule has 2 saturated heterocycles. The standard InChI is InChI=1S/C15H24N4/c1-2-6-17-15(3-1)19-11-9-18(10-12-19)13-14-4-7-16-8-5-14/h1-3,6,14,16H,4-5,7-13H2. The Morgan fingerprint density at radius 1 is 1.11 bits per heavy atom. The van der Waals surface area contributed by atoms with Crippen LogP contribution in [0, 0.1) is 5.92 Å². The van der Waals surface area contributed by atoms with Gasteiger partial charge in [-0.15, -0.1) is 0 Å². The molecule has 1 N–H and O–H groups in total. The van der Waals surface area contributed by atoms with Crippen molar-refractivity contribution in [2.45, 2.75) is 12.8 Å². The second kappa shape index (κ2) is 6.35. The zero-order chi connectivity index (χ0) is 12.9. The Labute approximate surface area is 115 Å². The van der Waals surface area contributed by atoms with E-state index in [1.807, 2.05) is 12.3 Å². The first-order valence-corrected chi connectivity index (χ1v) is 7.51. The molecule has 3 heterocycles. The highest BCUT2D eigenvalue weighted by molar-refractivity contribution is 5.38. The Bertz CT molecular complexity index is 367. The molecule has 0 aromatic carbocycles. The van der Waals surface area contributed by atoms with Gasteiger partial charge in [-0.2, -0.15) is 0 Å². The van der Waals surface area contributed by atoms with Crippen LogP contribution in [0.5, 0.6) is 0 Å². The Morgan fingerprint density at radius 3 is 2.58 bits per heavy atom. The summed E-state index contributed by atoms with van der Waals surface area (Å²) in [7, 11) is 0. The average Bonchev–Trinajstić information content (AvgIpc) is 2.50. The highest BCUT2D eigenvalue weighted by Crippen LogP contribution is 2.17. The molecule has 4 heteroatoms. The fourth-order valence-electron chi connectivity index (χ4n) is 3.13. The molecule has 1 aromatic rings. The van der Waals surface area contributed by atoms with E-state index in [0.29, 0.717) is 0 Å². The fraction of sp³-hybridized carbons (Fsp3) is 0.667. The lowest BCUT2D eigenvalue weighted by molar-refractivity contribution is 0.196. The van der Waals surface area contributed by atoms with Gasteiger partial charge in [0.1, 0.15) is 5.82 Å². The van der Waals surface area contributed by atoms with Crippen molar-refractivity contribution in [3.8, 4) is 0 Å². The topological polar surface area (TPSA) is 31.4 Å². The van der Waals surface area contributed by atoms with E-state index in [2.05, 4.69) is 32.2 Å². The summed E-state index contributed by atoms with van der Waals surface area (Å²) < 4.78 is 0. The van der Waals surface area contributed by atoms with Gasteiger partial charge in [0.2, 0.25) is 0 Å². The smallest absolute Gasteiger partial charge is 0.128 e. The summed E-state index contributed by atoms with van der Waals surface area (Å²) in [6.45, 7) is 8.29. The molecular weight excluding hydrogens is 236 g/mol. The maximum Gasteiger partial charge on any atom is 0.128 e. The van der Waals surface area contributed by atoms with E-state index in [-0.39, 0.29) is 0 Å². The molecule has 19 heavy (non-hydrogen) atoms. The molecule has 2 aliphatic heterocycles. The highest BCUT2D eigenvalue weighted by Gasteiger charge is 2.21. The second-order valence-electron chi connectivity index (χ2n) is 5.67. The minimum absolute atomic E-state index is 0.905. The Balaban J connectivity index is 1.46. The number of pyridine rings is 1. The molecule has 0 unspecified atom stereocenters. The van der Waals surface area contributed by atoms with Gasteiger partial charge in [0.25, 0.3) is 0 Å². The Hall–Kier alpha value is -1.13. The predicted molar refractivity (Wildman–Crippen MR) is 78.5 cm³/mol. The molecule has 3 rings (SSSR count). The van der Waals surface area contributed by atoms with Crippen LogP contribution in [-0.4, -0.2) is 55.7 Å². The first kappa shape index (κ1) is 12.9. The number of nitrogens with zero attached hydrogens (tertiary/aromatic N) is 3. The number of nitrogens with one attached hydrogen (secondary N) is 1. The summed E-state index contributed by atoms with van der Waals surface area (Å²) in [6, 6.07) is 6.17. The lowest BCUT2D eigenvalue weighted by Gasteiger charge is -2.37. The summed E-state index contributed by atoms with van der Waals surface area (Å²) in [5.41, 5.74) is 0. The first-order chi connectivity index (χ1) is 9.42.